The van der Waals surface area contributed by atoms with Crippen LogP contribution in [0.1, 0.15) is 59.8 Å². The standard InChI is InChI=1S/C22H41N7O7/c1-11(2)10-13(23)18(32)27-15(7-8-16(30)31)19(33)28-14(6-5-9-26-22(24)25)20(34)29-17(12(3)4)21(35)36/h11-15,17H,5-10,23H2,1-4H3,(H,27,32)(H,28,33)(H,29,34)(H,30,31)(H,35,36)(H4,24,25,26). The normalized spacial score (nSPS) is 14.3. The molecular weight excluding hydrogens is 474 g/mol. The number of amides is 3. The Balaban J connectivity index is 5.68. The summed E-state index contributed by atoms with van der Waals surface area (Å²) in [5.74, 6) is -5.09. The molecule has 4 atom stereocenters. The van der Waals surface area contributed by atoms with Crippen LogP contribution >= 0.6 is 0 Å². The number of carboxylic acid groups (broad SMARTS) is 2. The van der Waals surface area contributed by atoms with Gasteiger partial charge in [0.05, 0.1) is 6.04 Å². The van der Waals surface area contributed by atoms with Crippen molar-refractivity contribution < 1.29 is 34.2 Å². The Morgan fingerprint density at radius 1 is 0.833 bits per heavy atom. The van der Waals surface area contributed by atoms with Crippen molar-refractivity contribution in [1.29, 1.82) is 0 Å². The molecule has 206 valence electrons. The van der Waals surface area contributed by atoms with Gasteiger partial charge in [0.2, 0.25) is 17.7 Å². The van der Waals surface area contributed by atoms with E-state index in [1.165, 1.54) is 0 Å². The van der Waals surface area contributed by atoms with Crippen LogP contribution in [0.4, 0.5) is 0 Å². The monoisotopic (exact) mass is 515 g/mol. The molecule has 14 nitrogen and oxygen atoms in total. The number of carboxylic acids is 2. The fraction of sp³-hybridized carbons (Fsp3) is 0.727. The maximum atomic E-state index is 13.0. The van der Waals surface area contributed by atoms with Crippen molar-refractivity contribution in [3.63, 3.8) is 0 Å². The topological polar surface area (TPSA) is 252 Å². The summed E-state index contributed by atoms with van der Waals surface area (Å²) in [6, 6.07) is -4.58. The van der Waals surface area contributed by atoms with Crippen LogP contribution in [0.25, 0.3) is 0 Å². The number of nitrogens with two attached hydrogens (primary N) is 3. The fourth-order valence-electron chi connectivity index (χ4n) is 3.24. The number of aliphatic carboxylic acids is 2. The van der Waals surface area contributed by atoms with E-state index >= 15 is 0 Å². The zero-order valence-corrected chi connectivity index (χ0v) is 21.3. The van der Waals surface area contributed by atoms with Crippen LogP contribution in [-0.4, -0.2) is 76.5 Å². The minimum atomic E-state index is -1.28. The van der Waals surface area contributed by atoms with Gasteiger partial charge < -0.3 is 43.4 Å². The third kappa shape index (κ3) is 13.5. The Morgan fingerprint density at radius 3 is 1.83 bits per heavy atom. The maximum Gasteiger partial charge on any atom is 0.326 e. The van der Waals surface area contributed by atoms with Gasteiger partial charge >= 0.3 is 11.9 Å². The number of guanidine groups is 1. The van der Waals surface area contributed by atoms with Gasteiger partial charge in [-0.15, -0.1) is 0 Å². The summed E-state index contributed by atoms with van der Waals surface area (Å²) in [6.45, 7) is 7.12. The predicted octanol–water partition coefficient (Wildman–Crippen LogP) is -1.53. The molecule has 4 unspecified atom stereocenters. The summed E-state index contributed by atoms with van der Waals surface area (Å²) in [5.41, 5.74) is 16.5. The second-order valence-electron chi connectivity index (χ2n) is 9.31. The lowest BCUT2D eigenvalue weighted by atomic mass is 10.0. The van der Waals surface area contributed by atoms with E-state index in [0.717, 1.165) is 0 Å². The number of nitrogens with zero attached hydrogens (tertiary/aromatic N) is 1. The Labute approximate surface area is 210 Å². The number of nitrogens with one attached hydrogen (secondary N) is 3. The van der Waals surface area contributed by atoms with Crippen molar-refractivity contribution in [3.8, 4) is 0 Å². The molecule has 0 aliphatic carbocycles. The van der Waals surface area contributed by atoms with E-state index in [9.17, 15) is 29.1 Å². The molecule has 0 spiro atoms. The molecule has 0 rings (SSSR count). The van der Waals surface area contributed by atoms with Crippen LogP contribution in [0.2, 0.25) is 0 Å². The highest BCUT2D eigenvalue weighted by molar-refractivity contribution is 5.94. The number of carbonyl (C=O) groups excluding carboxylic acids is 3. The summed E-state index contributed by atoms with van der Waals surface area (Å²) in [4.78, 5) is 64.8. The van der Waals surface area contributed by atoms with Gasteiger partial charge in [-0.3, -0.25) is 24.2 Å². The summed E-state index contributed by atoms with van der Waals surface area (Å²) in [5, 5.41) is 25.8. The molecule has 0 saturated heterocycles. The fourth-order valence-corrected chi connectivity index (χ4v) is 3.24. The maximum absolute atomic E-state index is 13.0. The van der Waals surface area contributed by atoms with Crippen molar-refractivity contribution >= 4 is 35.6 Å². The van der Waals surface area contributed by atoms with Crippen molar-refractivity contribution in [3.05, 3.63) is 0 Å². The molecule has 11 N–H and O–H groups in total. The Bertz CT molecular complexity index is 798. The van der Waals surface area contributed by atoms with Crippen LogP contribution in [0.15, 0.2) is 4.99 Å². The first kappa shape index (κ1) is 32.6. The molecule has 0 aromatic rings. The molecule has 14 heteroatoms. The molecule has 0 aliphatic heterocycles. The van der Waals surface area contributed by atoms with Gasteiger partial charge in [0, 0.05) is 13.0 Å². The number of carbonyl (C=O) groups is 5. The van der Waals surface area contributed by atoms with Gasteiger partial charge in [0.1, 0.15) is 18.1 Å². The molecule has 0 aliphatic rings. The van der Waals surface area contributed by atoms with Gasteiger partial charge in [-0.1, -0.05) is 27.7 Å². The highest BCUT2D eigenvalue weighted by Crippen LogP contribution is 2.08. The Morgan fingerprint density at radius 2 is 1.36 bits per heavy atom. The van der Waals surface area contributed by atoms with Crippen molar-refractivity contribution in [2.24, 2.45) is 34.0 Å². The smallest absolute Gasteiger partial charge is 0.326 e. The molecule has 36 heavy (non-hydrogen) atoms. The van der Waals surface area contributed by atoms with Gasteiger partial charge in [-0.05, 0) is 37.5 Å². The van der Waals surface area contributed by atoms with Gasteiger partial charge in [0.25, 0.3) is 0 Å². The van der Waals surface area contributed by atoms with Crippen LogP contribution in [0, 0.1) is 11.8 Å². The quantitative estimate of drug-likeness (QED) is 0.0630. The minimum absolute atomic E-state index is 0.0469. The SMILES string of the molecule is CC(C)CC(N)C(=O)NC(CCC(=O)O)C(=O)NC(CCCN=C(N)N)C(=O)NC(C(=O)O)C(C)C. The van der Waals surface area contributed by atoms with E-state index in [1.54, 1.807) is 13.8 Å². The molecule has 0 fully saturated rings. The lowest BCUT2D eigenvalue weighted by Gasteiger charge is -2.26. The number of hydrogen-bond acceptors (Lipinski definition) is 7. The zero-order chi connectivity index (χ0) is 28.0. The first-order valence-electron chi connectivity index (χ1n) is 11.8. The average Bonchev–Trinajstić information content (AvgIpc) is 2.75. The average molecular weight is 516 g/mol. The molecule has 0 radical (unpaired) electrons. The van der Waals surface area contributed by atoms with Crippen molar-refractivity contribution in [2.45, 2.75) is 84.0 Å². The second-order valence-corrected chi connectivity index (χ2v) is 9.31. The summed E-state index contributed by atoms with van der Waals surface area (Å²) in [7, 11) is 0. The van der Waals surface area contributed by atoms with Gasteiger partial charge in [-0.2, -0.15) is 0 Å². The lowest BCUT2D eigenvalue weighted by molar-refractivity contribution is -0.143. The predicted molar refractivity (Wildman–Crippen MR) is 132 cm³/mol. The van der Waals surface area contributed by atoms with E-state index in [2.05, 4.69) is 20.9 Å². The third-order valence-corrected chi connectivity index (χ3v) is 5.15. The summed E-state index contributed by atoms with van der Waals surface area (Å²) < 4.78 is 0. The summed E-state index contributed by atoms with van der Waals surface area (Å²) >= 11 is 0. The third-order valence-electron chi connectivity index (χ3n) is 5.15. The van der Waals surface area contributed by atoms with Gasteiger partial charge in [-0.25, -0.2) is 4.79 Å². The Kier molecular flexibility index (Phi) is 14.7. The lowest BCUT2D eigenvalue weighted by Crippen LogP contribution is -2.57. The summed E-state index contributed by atoms with van der Waals surface area (Å²) in [6.07, 6.45) is -0.00594. The van der Waals surface area contributed by atoms with Crippen LogP contribution in [-0.2, 0) is 24.0 Å². The van der Waals surface area contributed by atoms with E-state index in [4.69, 9.17) is 22.3 Å². The molecular formula is C22H41N7O7. The van der Waals surface area contributed by atoms with E-state index in [-0.39, 0.29) is 37.7 Å². The molecule has 0 saturated carbocycles. The molecule has 0 aromatic carbocycles. The number of hydrogen-bond donors (Lipinski definition) is 8. The highest BCUT2D eigenvalue weighted by atomic mass is 16.4. The van der Waals surface area contributed by atoms with Crippen molar-refractivity contribution in [1.82, 2.24) is 16.0 Å². The first-order valence-corrected chi connectivity index (χ1v) is 11.8. The molecule has 3 amide bonds. The minimum Gasteiger partial charge on any atom is -0.481 e. The second kappa shape index (κ2) is 16.3. The molecule has 0 bridgehead atoms. The van der Waals surface area contributed by atoms with E-state index in [1.807, 2.05) is 13.8 Å². The van der Waals surface area contributed by atoms with Gasteiger partial charge in [0.15, 0.2) is 5.96 Å². The number of aliphatic imine (C=N–C) groups is 1. The highest BCUT2D eigenvalue weighted by Gasteiger charge is 2.31. The largest absolute Gasteiger partial charge is 0.481 e. The Hall–Kier alpha value is -3.42. The van der Waals surface area contributed by atoms with Crippen molar-refractivity contribution in [2.75, 3.05) is 6.54 Å². The van der Waals surface area contributed by atoms with E-state index < -0.39 is 66.2 Å². The van der Waals surface area contributed by atoms with Crippen LogP contribution in [0.3, 0.4) is 0 Å². The zero-order valence-electron chi connectivity index (χ0n) is 21.3. The molecule has 0 aromatic heterocycles. The number of rotatable bonds is 17. The van der Waals surface area contributed by atoms with Crippen LogP contribution in [0.5, 0.6) is 0 Å². The van der Waals surface area contributed by atoms with Crippen LogP contribution < -0.4 is 33.2 Å². The molecule has 0 heterocycles. The van der Waals surface area contributed by atoms with E-state index in [0.29, 0.717) is 6.42 Å². The first-order chi connectivity index (χ1) is 16.6.